The Morgan fingerprint density at radius 2 is 1.78 bits per heavy atom. The predicted molar refractivity (Wildman–Crippen MR) is 80.1 cm³/mol. The zero-order valence-electron chi connectivity index (χ0n) is 11.1. The van der Waals surface area contributed by atoms with Crippen molar-refractivity contribution in [2.75, 3.05) is 18.0 Å². The molecule has 0 atom stereocenters. The van der Waals surface area contributed by atoms with Crippen LogP contribution in [-0.2, 0) is 17.1 Å². The molecule has 100 valence electrons. The molecule has 2 aromatic rings. The van der Waals surface area contributed by atoms with Gasteiger partial charge in [0.15, 0.2) is 0 Å². The van der Waals surface area contributed by atoms with Crippen LogP contribution in [0.5, 0.6) is 0 Å². The standard InChI is InChI=1S/C10H15BrN.C5H5.Fe/c1-4-12(5-2)9-7-6-8(3)10(9)11;1-2-4-5-3-1;/h6-7H,4-5H2,1-3H3;1-5H;/q2*-1;+2. The van der Waals surface area contributed by atoms with Crippen LogP contribution in [0.15, 0.2) is 46.9 Å². The molecular formula is C15H20BrFeN. The molecule has 0 amide bonds. The van der Waals surface area contributed by atoms with Crippen molar-refractivity contribution in [1.82, 2.24) is 0 Å². The van der Waals surface area contributed by atoms with Crippen molar-refractivity contribution in [3.8, 4) is 0 Å². The second-order valence-corrected chi connectivity index (χ2v) is 4.64. The number of anilines is 1. The Balaban J connectivity index is 0.000000405. The first-order chi connectivity index (χ1) is 8.20. The molecule has 0 aliphatic heterocycles. The number of nitrogens with zero attached hydrogens (tertiary/aromatic N) is 1. The average Bonchev–Trinajstić information content (AvgIpc) is 2.99. The van der Waals surface area contributed by atoms with Crippen LogP contribution in [0.25, 0.3) is 0 Å². The predicted octanol–water partition coefficient (Wildman–Crippen LogP) is 4.73. The summed E-state index contributed by atoms with van der Waals surface area (Å²) in [5, 5.41) is 0. The van der Waals surface area contributed by atoms with Gasteiger partial charge in [-0.1, -0.05) is 27.3 Å². The molecule has 0 radical (unpaired) electrons. The summed E-state index contributed by atoms with van der Waals surface area (Å²) in [4.78, 5) is 2.34. The topological polar surface area (TPSA) is 3.24 Å². The van der Waals surface area contributed by atoms with Gasteiger partial charge >= 0.3 is 17.1 Å². The normalized spacial score (nSPS) is 9.11. The summed E-state index contributed by atoms with van der Waals surface area (Å²) < 4.78 is 1.24. The molecule has 0 saturated carbocycles. The second-order valence-electron chi connectivity index (χ2n) is 3.85. The molecule has 0 spiro atoms. The fraction of sp³-hybridized carbons (Fsp3) is 0.333. The molecule has 3 heteroatoms. The maximum atomic E-state index is 3.59. The SMILES string of the molecule is CCN(CC)c1cc[c-](C)c1Br.[Fe+2].c1cc[cH-]c1. The van der Waals surface area contributed by atoms with E-state index < -0.39 is 0 Å². The summed E-state index contributed by atoms with van der Waals surface area (Å²) in [5.41, 5.74) is 2.63. The van der Waals surface area contributed by atoms with Crippen LogP contribution in [0.2, 0.25) is 0 Å². The number of halogens is 1. The fourth-order valence-corrected chi connectivity index (χ4v) is 2.20. The fourth-order valence-electron chi connectivity index (χ4n) is 1.68. The molecule has 1 nitrogen and oxygen atoms in total. The number of hydrogen-bond acceptors (Lipinski definition) is 1. The van der Waals surface area contributed by atoms with E-state index in [2.05, 4.69) is 53.7 Å². The summed E-state index contributed by atoms with van der Waals surface area (Å²) in [7, 11) is 0. The van der Waals surface area contributed by atoms with Crippen LogP contribution in [0.1, 0.15) is 19.4 Å². The Morgan fingerprint density at radius 1 is 1.22 bits per heavy atom. The van der Waals surface area contributed by atoms with Gasteiger partial charge < -0.3 is 4.90 Å². The number of rotatable bonds is 3. The first-order valence-electron chi connectivity index (χ1n) is 6.04. The third kappa shape index (κ3) is 5.01. The van der Waals surface area contributed by atoms with Crippen LogP contribution in [0.3, 0.4) is 0 Å². The molecular weight excluding hydrogens is 330 g/mol. The van der Waals surface area contributed by atoms with Gasteiger partial charge in [-0.05, 0) is 13.8 Å². The molecule has 0 aliphatic carbocycles. The second kappa shape index (κ2) is 9.43. The van der Waals surface area contributed by atoms with Crippen molar-refractivity contribution in [1.29, 1.82) is 0 Å². The van der Waals surface area contributed by atoms with Gasteiger partial charge in [-0.15, -0.1) is 11.3 Å². The largest absolute Gasteiger partial charge is 2.00 e. The maximum Gasteiger partial charge on any atom is 2.00 e. The van der Waals surface area contributed by atoms with Gasteiger partial charge in [-0.3, -0.25) is 0 Å². The summed E-state index contributed by atoms with van der Waals surface area (Å²) >= 11 is 3.59. The van der Waals surface area contributed by atoms with Crippen LogP contribution in [0, 0.1) is 6.92 Å². The van der Waals surface area contributed by atoms with Crippen molar-refractivity contribution in [3.05, 3.63) is 52.5 Å². The van der Waals surface area contributed by atoms with Crippen LogP contribution in [0.4, 0.5) is 5.69 Å². The Kier molecular flexibility index (Phi) is 9.17. The monoisotopic (exact) mass is 349 g/mol. The van der Waals surface area contributed by atoms with Crippen molar-refractivity contribution < 1.29 is 17.1 Å². The van der Waals surface area contributed by atoms with Gasteiger partial charge in [0.1, 0.15) is 0 Å². The van der Waals surface area contributed by atoms with E-state index in [1.807, 2.05) is 30.3 Å². The number of aryl methyl sites for hydroxylation is 1. The van der Waals surface area contributed by atoms with E-state index in [4.69, 9.17) is 0 Å². The minimum absolute atomic E-state index is 0. The molecule has 0 fully saturated rings. The first kappa shape index (κ1) is 17.5. The zero-order valence-corrected chi connectivity index (χ0v) is 13.8. The van der Waals surface area contributed by atoms with Crippen molar-refractivity contribution in [2.45, 2.75) is 20.8 Å². The van der Waals surface area contributed by atoms with E-state index in [0.29, 0.717) is 0 Å². The van der Waals surface area contributed by atoms with Gasteiger partial charge in [0, 0.05) is 13.1 Å². The third-order valence-electron chi connectivity index (χ3n) is 2.72. The molecule has 2 rings (SSSR count). The summed E-state index contributed by atoms with van der Waals surface area (Å²) in [6.07, 6.45) is 0. The third-order valence-corrected chi connectivity index (χ3v) is 3.75. The molecule has 0 aliphatic rings. The quantitative estimate of drug-likeness (QED) is 0.572. The van der Waals surface area contributed by atoms with E-state index >= 15 is 0 Å². The Hall–Kier alpha value is -0.501. The van der Waals surface area contributed by atoms with Crippen molar-refractivity contribution >= 4 is 21.6 Å². The van der Waals surface area contributed by atoms with Crippen LogP contribution in [-0.4, -0.2) is 13.1 Å². The van der Waals surface area contributed by atoms with Crippen LogP contribution >= 0.6 is 15.9 Å². The van der Waals surface area contributed by atoms with Gasteiger partial charge in [-0.2, -0.15) is 30.3 Å². The van der Waals surface area contributed by atoms with E-state index in [-0.39, 0.29) is 17.1 Å². The smallest absolute Gasteiger partial charge is 0.433 e. The molecule has 0 bridgehead atoms. The maximum absolute atomic E-state index is 3.59. The summed E-state index contributed by atoms with van der Waals surface area (Å²) in [6.45, 7) is 8.62. The van der Waals surface area contributed by atoms with E-state index in [0.717, 1.165) is 13.1 Å². The minimum Gasteiger partial charge on any atom is -0.433 e. The summed E-state index contributed by atoms with van der Waals surface area (Å²) in [5.74, 6) is 0. The van der Waals surface area contributed by atoms with Gasteiger partial charge in [0.25, 0.3) is 0 Å². The molecule has 0 aromatic heterocycles. The molecule has 0 N–H and O–H groups in total. The van der Waals surface area contributed by atoms with Crippen molar-refractivity contribution in [3.63, 3.8) is 0 Å². The van der Waals surface area contributed by atoms with Gasteiger partial charge in [-0.25, -0.2) is 12.1 Å². The zero-order chi connectivity index (χ0) is 12.7. The van der Waals surface area contributed by atoms with Gasteiger partial charge in [0.05, 0.1) is 0 Å². The van der Waals surface area contributed by atoms with E-state index in [9.17, 15) is 0 Å². The van der Waals surface area contributed by atoms with E-state index in [1.54, 1.807) is 0 Å². The number of hydrogen-bond donors (Lipinski definition) is 0. The molecule has 0 unspecified atom stereocenters. The Labute approximate surface area is 130 Å². The minimum atomic E-state index is 0. The first-order valence-corrected chi connectivity index (χ1v) is 6.83. The molecule has 2 aromatic carbocycles. The Morgan fingerprint density at radius 3 is 2.06 bits per heavy atom. The Bertz CT molecular complexity index is 385. The molecule has 18 heavy (non-hydrogen) atoms. The molecule has 0 heterocycles. The van der Waals surface area contributed by atoms with Crippen LogP contribution < -0.4 is 4.90 Å². The average molecular weight is 350 g/mol. The molecule has 0 saturated heterocycles. The van der Waals surface area contributed by atoms with E-state index in [1.165, 1.54) is 15.7 Å². The van der Waals surface area contributed by atoms with Crippen molar-refractivity contribution in [2.24, 2.45) is 0 Å². The summed E-state index contributed by atoms with van der Waals surface area (Å²) in [6, 6.07) is 14.3. The van der Waals surface area contributed by atoms with Gasteiger partial charge in [0.2, 0.25) is 0 Å².